The van der Waals surface area contributed by atoms with Gasteiger partial charge >= 0.3 is 5.69 Å². The molecular formula is C10H10ClNO6S. The molecule has 0 aromatic heterocycles. The molecule has 104 valence electrons. The molecule has 2 atom stereocenters. The average molecular weight is 308 g/mol. The van der Waals surface area contributed by atoms with Crippen molar-refractivity contribution < 1.29 is 23.2 Å². The van der Waals surface area contributed by atoms with Crippen LogP contribution in [0, 0.1) is 10.1 Å². The lowest BCUT2D eigenvalue weighted by Crippen LogP contribution is -2.30. The highest BCUT2D eigenvalue weighted by atomic mass is 35.5. The van der Waals surface area contributed by atoms with Crippen molar-refractivity contribution in [1.29, 1.82) is 0 Å². The number of nitrogens with zero attached hydrogens (tertiary/aromatic N) is 1. The summed E-state index contributed by atoms with van der Waals surface area (Å²) >= 11 is 5.81. The van der Waals surface area contributed by atoms with Gasteiger partial charge in [-0.1, -0.05) is 17.7 Å². The van der Waals surface area contributed by atoms with Crippen LogP contribution in [0.15, 0.2) is 18.2 Å². The van der Waals surface area contributed by atoms with E-state index in [9.17, 15) is 23.6 Å². The summed E-state index contributed by atoms with van der Waals surface area (Å²) in [4.78, 5) is 10.2. The Labute approximate surface area is 113 Å². The van der Waals surface area contributed by atoms with E-state index in [0.29, 0.717) is 0 Å². The Morgan fingerprint density at radius 1 is 1.42 bits per heavy atom. The minimum atomic E-state index is -3.40. The van der Waals surface area contributed by atoms with E-state index in [1.54, 1.807) is 0 Å². The Morgan fingerprint density at radius 2 is 2.11 bits per heavy atom. The number of nitro groups is 1. The normalized spacial score (nSPS) is 25.2. The second-order valence-electron chi connectivity index (χ2n) is 4.15. The largest absolute Gasteiger partial charge is 0.479 e. The van der Waals surface area contributed by atoms with Crippen LogP contribution in [0.5, 0.6) is 5.75 Å². The standard InChI is InChI=1S/C10H10ClNO6S/c11-6-2-1-3-7(12(14)15)10(6)18-9-5-19(16,17)4-8(9)13/h1-3,8-9,13H,4-5H2. The van der Waals surface area contributed by atoms with Crippen LogP contribution in [-0.4, -0.2) is 42.2 Å². The van der Waals surface area contributed by atoms with E-state index in [4.69, 9.17) is 16.3 Å². The van der Waals surface area contributed by atoms with Crippen molar-refractivity contribution in [3.63, 3.8) is 0 Å². The Bertz CT molecular complexity index is 616. The quantitative estimate of drug-likeness (QED) is 0.653. The zero-order valence-corrected chi connectivity index (χ0v) is 11.1. The fourth-order valence-corrected chi connectivity index (χ4v) is 3.69. The number of benzene rings is 1. The number of ether oxygens (including phenoxy) is 1. The highest BCUT2D eigenvalue weighted by Crippen LogP contribution is 2.36. The van der Waals surface area contributed by atoms with Crippen LogP contribution in [-0.2, 0) is 9.84 Å². The van der Waals surface area contributed by atoms with Gasteiger partial charge in [0.25, 0.3) is 0 Å². The Morgan fingerprint density at radius 3 is 2.63 bits per heavy atom. The van der Waals surface area contributed by atoms with Crippen molar-refractivity contribution in [2.75, 3.05) is 11.5 Å². The third-order valence-corrected chi connectivity index (χ3v) is 4.67. The van der Waals surface area contributed by atoms with E-state index in [2.05, 4.69) is 0 Å². The molecule has 0 spiro atoms. The molecule has 2 unspecified atom stereocenters. The summed E-state index contributed by atoms with van der Waals surface area (Å²) in [7, 11) is -3.40. The molecule has 9 heteroatoms. The van der Waals surface area contributed by atoms with Crippen LogP contribution in [0.2, 0.25) is 5.02 Å². The summed E-state index contributed by atoms with van der Waals surface area (Å²) in [6, 6.07) is 3.96. The van der Waals surface area contributed by atoms with Gasteiger partial charge in [0.05, 0.1) is 21.5 Å². The zero-order valence-electron chi connectivity index (χ0n) is 9.52. The first kappa shape index (κ1) is 14.0. The number of nitro benzene ring substituents is 1. The van der Waals surface area contributed by atoms with Crippen LogP contribution < -0.4 is 4.74 Å². The van der Waals surface area contributed by atoms with Crippen LogP contribution >= 0.6 is 11.6 Å². The first-order chi connectivity index (χ1) is 8.80. The number of hydrogen-bond donors (Lipinski definition) is 1. The molecule has 0 bridgehead atoms. The molecule has 0 radical (unpaired) electrons. The molecule has 1 saturated heterocycles. The number of sulfone groups is 1. The van der Waals surface area contributed by atoms with Gasteiger partial charge < -0.3 is 9.84 Å². The van der Waals surface area contributed by atoms with E-state index in [1.807, 2.05) is 0 Å². The summed E-state index contributed by atoms with van der Waals surface area (Å²) < 4.78 is 27.9. The molecule has 1 aliphatic rings. The number of aliphatic hydroxyl groups excluding tert-OH is 1. The third kappa shape index (κ3) is 2.96. The molecule has 1 heterocycles. The molecule has 19 heavy (non-hydrogen) atoms. The van der Waals surface area contributed by atoms with Crippen molar-refractivity contribution in [3.05, 3.63) is 33.3 Å². The van der Waals surface area contributed by atoms with Gasteiger partial charge in [-0.25, -0.2) is 8.42 Å². The van der Waals surface area contributed by atoms with Gasteiger partial charge in [-0.3, -0.25) is 10.1 Å². The predicted molar refractivity (Wildman–Crippen MR) is 67.2 cm³/mol. The molecule has 2 rings (SSSR count). The minimum absolute atomic E-state index is 0.00861. The molecule has 1 aromatic carbocycles. The molecule has 1 aliphatic heterocycles. The van der Waals surface area contributed by atoms with Crippen LogP contribution in [0.25, 0.3) is 0 Å². The van der Waals surface area contributed by atoms with Gasteiger partial charge in [0.2, 0.25) is 5.75 Å². The van der Waals surface area contributed by atoms with Gasteiger partial charge in [-0.05, 0) is 6.07 Å². The number of halogens is 1. The second-order valence-corrected chi connectivity index (χ2v) is 6.71. The van der Waals surface area contributed by atoms with Gasteiger partial charge in [-0.2, -0.15) is 0 Å². The van der Waals surface area contributed by atoms with Crippen LogP contribution in [0.4, 0.5) is 5.69 Å². The summed E-state index contributed by atoms with van der Waals surface area (Å²) in [6.45, 7) is 0. The van der Waals surface area contributed by atoms with Gasteiger partial charge in [0, 0.05) is 6.07 Å². The molecule has 1 N–H and O–H groups in total. The number of rotatable bonds is 3. The van der Waals surface area contributed by atoms with Crippen LogP contribution in [0.1, 0.15) is 0 Å². The summed E-state index contributed by atoms with van der Waals surface area (Å²) in [5.41, 5.74) is -0.371. The fourth-order valence-electron chi connectivity index (χ4n) is 1.82. The first-order valence-electron chi connectivity index (χ1n) is 5.28. The lowest BCUT2D eigenvalue weighted by Gasteiger charge is -2.16. The van der Waals surface area contributed by atoms with E-state index in [0.717, 1.165) is 0 Å². The molecule has 1 aromatic rings. The highest BCUT2D eigenvalue weighted by molar-refractivity contribution is 7.91. The smallest absolute Gasteiger partial charge is 0.312 e. The topological polar surface area (TPSA) is 107 Å². The Hall–Kier alpha value is -1.38. The first-order valence-corrected chi connectivity index (χ1v) is 7.48. The monoisotopic (exact) mass is 307 g/mol. The summed E-state index contributed by atoms with van der Waals surface area (Å²) in [6.07, 6.45) is -2.27. The maximum Gasteiger partial charge on any atom is 0.312 e. The van der Waals surface area contributed by atoms with Crippen molar-refractivity contribution in [2.45, 2.75) is 12.2 Å². The van der Waals surface area contributed by atoms with Gasteiger partial charge in [0.15, 0.2) is 9.84 Å². The molecule has 1 fully saturated rings. The number of aliphatic hydroxyl groups is 1. The predicted octanol–water partition coefficient (Wildman–Crippen LogP) is 0.785. The maximum atomic E-state index is 11.3. The molecule has 0 aliphatic carbocycles. The zero-order chi connectivity index (χ0) is 14.2. The van der Waals surface area contributed by atoms with E-state index in [1.165, 1.54) is 18.2 Å². The number of para-hydroxylation sites is 1. The maximum absolute atomic E-state index is 11.3. The lowest BCUT2D eigenvalue weighted by atomic mass is 10.2. The molecule has 0 saturated carbocycles. The SMILES string of the molecule is O=[N+]([O-])c1cccc(Cl)c1OC1CS(=O)(=O)CC1O. The lowest BCUT2D eigenvalue weighted by molar-refractivity contribution is -0.386. The van der Waals surface area contributed by atoms with Gasteiger partial charge in [-0.15, -0.1) is 0 Å². The fraction of sp³-hybridized carbons (Fsp3) is 0.400. The molecular weight excluding hydrogens is 298 g/mol. The number of hydrogen-bond acceptors (Lipinski definition) is 6. The second kappa shape index (κ2) is 4.95. The van der Waals surface area contributed by atoms with Crippen LogP contribution in [0.3, 0.4) is 0 Å². The molecule has 7 nitrogen and oxygen atoms in total. The Kier molecular flexibility index (Phi) is 3.66. The van der Waals surface area contributed by atoms with Crippen molar-refractivity contribution >= 4 is 27.1 Å². The van der Waals surface area contributed by atoms with E-state index in [-0.39, 0.29) is 16.5 Å². The summed E-state index contributed by atoms with van der Waals surface area (Å²) in [5, 5.41) is 20.4. The van der Waals surface area contributed by atoms with E-state index < -0.39 is 38.5 Å². The third-order valence-electron chi connectivity index (χ3n) is 2.68. The van der Waals surface area contributed by atoms with Crippen molar-refractivity contribution in [1.82, 2.24) is 0 Å². The minimum Gasteiger partial charge on any atom is -0.479 e. The molecule has 0 amide bonds. The van der Waals surface area contributed by atoms with Crippen molar-refractivity contribution in [2.24, 2.45) is 0 Å². The Balaban J connectivity index is 2.32. The van der Waals surface area contributed by atoms with Gasteiger partial charge in [0.1, 0.15) is 12.2 Å². The average Bonchev–Trinajstić information content (AvgIpc) is 2.54. The highest BCUT2D eigenvalue weighted by Gasteiger charge is 2.39. The van der Waals surface area contributed by atoms with E-state index >= 15 is 0 Å². The summed E-state index contributed by atoms with van der Waals surface area (Å²) in [5.74, 6) is -1.04. The van der Waals surface area contributed by atoms with Crippen molar-refractivity contribution in [3.8, 4) is 5.75 Å².